The summed E-state index contributed by atoms with van der Waals surface area (Å²) in [7, 11) is 0. The van der Waals surface area contributed by atoms with E-state index in [1.165, 1.54) is 16.5 Å². The molecule has 0 radical (unpaired) electrons. The maximum absolute atomic E-state index is 4.13. The minimum Gasteiger partial charge on any atom is -0.327 e. The van der Waals surface area contributed by atoms with Crippen molar-refractivity contribution in [2.75, 3.05) is 0 Å². The molecule has 0 saturated heterocycles. The van der Waals surface area contributed by atoms with Gasteiger partial charge in [-0.3, -0.25) is 0 Å². The van der Waals surface area contributed by atoms with Crippen LogP contribution in [0.4, 0.5) is 0 Å². The molecule has 92 valence electrons. The molecule has 0 bridgehead atoms. The van der Waals surface area contributed by atoms with Gasteiger partial charge in [0.1, 0.15) is 6.67 Å². The molecule has 0 fully saturated rings. The molecule has 0 unspecified atom stereocenters. The monoisotopic (exact) mass is 240 g/mol. The van der Waals surface area contributed by atoms with Crippen LogP contribution < -0.4 is 0 Å². The average Bonchev–Trinajstić information content (AvgIpc) is 2.97. The molecule has 18 heavy (non-hydrogen) atoms. The Morgan fingerprint density at radius 1 is 1.22 bits per heavy atom. The van der Waals surface area contributed by atoms with E-state index < -0.39 is 0 Å². The number of benzene rings is 1. The summed E-state index contributed by atoms with van der Waals surface area (Å²) in [4.78, 5) is 0. The fourth-order valence-electron chi connectivity index (χ4n) is 2.17. The van der Waals surface area contributed by atoms with Crippen LogP contribution in [0, 0.1) is 6.92 Å². The Bertz CT molecular complexity index is 678. The van der Waals surface area contributed by atoms with Crippen molar-refractivity contribution in [2.45, 2.75) is 26.9 Å². The van der Waals surface area contributed by atoms with Crippen molar-refractivity contribution in [3.8, 4) is 0 Å². The van der Waals surface area contributed by atoms with Gasteiger partial charge in [0.05, 0.1) is 11.9 Å². The van der Waals surface area contributed by atoms with Gasteiger partial charge in [-0.25, -0.2) is 4.68 Å². The Morgan fingerprint density at radius 2 is 2.11 bits per heavy atom. The first-order chi connectivity index (χ1) is 8.76. The van der Waals surface area contributed by atoms with Gasteiger partial charge < -0.3 is 4.57 Å². The fourth-order valence-corrected chi connectivity index (χ4v) is 2.17. The van der Waals surface area contributed by atoms with Crippen LogP contribution in [0.2, 0.25) is 0 Å². The largest absolute Gasteiger partial charge is 0.327 e. The maximum Gasteiger partial charge on any atom is 0.118 e. The lowest BCUT2D eigenvalue weighted by molar-refractivity contribution is 0.542. The Balaban J connectivity index is 1.95. The molecule has 0 aliphatic rings. The van der Waals surface area contributed by atoms with Gasteiger partial charge in [0, 0.05) is 11.7 Å². The molecule has 1 aromatic carbocycles. The Labute approximate surface area is 106 Å². The van der Waals surface area contributed by atoms with Crippen LogP contribution in [-0.4, -0.2) is 19.6 Å². The van der Waals surface area contributed by atoms with Gasteiger partial charge in [0.25, 0.3) is 0 Å². The van der Waals surface area contributed by atoms with Crippen molar-refractivity contribution in [2.24, 2.45) is 0 Å². The molecule has 0 spiro atoms. The highest BCUT2D eigenvalue weighted by atomic mass is 15.4. The summed E-state index contributed by atoms with van der Waals surface area (Å²) in [5.41, 5.74) is 3.55. The fraction of sp³-hybridized carbons (Fsp3) is 0.286. The van der Waals surface area contributed by atoms with Crippen LogP contribution in [0.5, 0.6) is 0 Å². The lowest BCUT2D eigenvalue weighted by atomic mass is 10.2. The molecule has 2 aromatic heterocycles. The zero-order chi connectivity index (χ0) is 12.5. The first-order valence-corrected chi connectivity index (χ1v) is 6.21. The number of aromatic nitrogens is 4. The third-order valence-corrected chi connectivity index (χ3v) is 3.17. The third-order valence-electron chi connectivity index (χ3n) is 3.17. The van der Waals surface area contributed by atoms with Gasteiger partial charge in [-0.2, -0.15) is 0 Å². The molecule has 4 nitrogen and oxygen atoms in total. The van der Waals surface area contributed by atoms with E-state index in [1.54, 1.807) is 0 Å². The smallest absolute Gasteiger partial charge is 0.118 e. The predicted molar refractivity (Wildman–Crippen MR) is 71.5 cm³/mol. The summed E-state index contributed by atoms with van der Waals surface area (Å²) in [6.07, 6.45) is 5.02. The van der Waals surface area contributed by atoms with Gasteiger partial charge in [0.2, 0.25) is 0 Å². The molecule has 0 aliphatic carbocycles. The number of nitrogens with zero attached hydrogens (tertiary/aromatic N) is 4. The van der Waals surface area contributed by atoms with Gasteiger partial charge >= 0.3 is 0 Å². The predicted octanol–water partition coefficient (Wildman–Crippen LogP) is 2.61. The molecule has 0 aliphatic heterocycles. The van der Waals surface area contributed by atoms with Crippen LogP contribution in [0.3, 0.4) is 0 Å². The normalized spacial score (nSPS) is 11.2. The summed E-state index contributed by atoms with van der Waals surface area (Å²) in [5, 5.41) is 9.51. The molecule has 2 heterocycles. The summed E-state index contributed by atoms with van der Waals surface area (Å²) in [6.45, 7) is 4.91. The first kappa shape index (κ1) is 11.0. The first-order valence-electron chi connectivity index (χ1n) is 6.21. The zero-order valence-corrected chi connectivity index (χ0v) is 10.7. The van der Waals surface area contributed by atoms with E-state index in [2.05, 4.69) is 59.2 Å². The summed E-state index contributed by atoms with van der Waals surface area (Å²) in [6, 6.07) is 8.63. The maximum atomic E-state index is 4.13. The second-order valence-corrected chi connectivity index (χ2v) is 4.59. The molecular formula is C14H16N4. The van der Waals surface area contributed by atoms with Crippen molar-refractivity contribution < 1.29 is 0 Å². The quantitative estimate of drug-likeness (QED) is 0.705. The number of fused-ring (bicyclic) bond motifs is 1. The van der Waals surface area contributed by atoms with Crippen molar-refractivity contribution in [3.05, 3.63) is 47.9 Å². The van der Waals surface area contributed by atoms with Crippen LogP contribution in [0.1, 0.15) is 18.2 Å². The highest BCUT2D eigenvalue weighted by molar-refractivity contribution is 5.80. The van der Waals surface area contributed by atoms with Crippen molar-refractivity contribution in [1.82, 2.24) is 19.6 Å². The molecule has 3 rings (SSSR count). The van der Waals surface area contributed by atoms with Crippen molar-refractivity contribution in [3.63, 3.8) is 0 Å². The van der Waals surface area contributed by atoms with Gasteiger partial charge in [-0.05, 0) is 36.9 Å². The van der Waals surface area contributed by atoms with Gasteiger partial charge in [-0.1, -0.05) is 23.8 Å². The number of aryl methyl sites for hydroxylation is 2. The van der Waals surface area contributed by atoms with E-state index in [0.29, 0.717) is 6.67 Å². The topological polar surface area (TPSA) is 35.6 Å². The van der Waals surface area contributed by atoms with E-state index >= 15 is 0 Å². The standard InChI is InChI=1S/C14H16N4/c1-3-13-9-18(16-15-13)10-17-7-6-12-8-11(2)4-5-14(12)17/h4-9H,3,10H2,1-2H3. The number of hydrogen-bond acceptors (Lipinski definition) is 2. The van der Waals surface area contributed by atoms with Crippen molar-refractivity contribution >= 4 is 10.9 Å². The van der Waals surface area contributed by atoms with Gasteiger partial charge in [0.15, 0.2) is 0 Å². The molecule has 4 heteroatoms. The van der Waals surface area contributed by atoms with Crippen molar-refractivity contribution in [1.29, 1.82) is 0 Å². The lowest BCUT2D eigenvalue weighted by Gasteiger charge is -2.05. The van der Waals surface area contributed by atoms with E-state index in [9.17, 15) is 0 Å². The molecule has 0 amide bonds. The molecule has 0 N–H and O–H groups in total. The van der Waals surface area contributed by atoms with E-state index in [-0.39, 0.29) is 0 Å². The zero-order valence-electron chi connectivity index (χ0n) is 10.7. The minimum atomic E-state index is 0.708. The Morgan fingerprint density at radius 3 is 2.89 bits per heavy atom. The molecule has 0 atom stereocenters. The van der Waals surface area contributed by atoms with E-state index in [1.807, 2.05) is 10.9 Å². The van der Waals surface area contributed by atoms with Crippen LogP contribution in [-0.2, 0) is 13.1 Å². The van der Waals surface area contributed by atoms with Gasteiger partial charge in [-0.15, -0.1) is 5.10 Å². The minimum absolute atomic E-state index is 0.708. The summed E-state index contributed by atoms with van der Waals surface area (Å²) in [5.74, 6) is 0. The highest BCUT2D eigenvalue weighted by Crippen LogP contribution is 2.17. The second kappa shape index (κ2) is 4.29. The SMILES string of the molecule is CCc1cn(Cn2ccc3cc(C)ccc32)nn1. The highest BCUT2D eigenvalue weighted by Gasteiger charge is 2.03. The Kier molecular flexibility index (Phi) is 2.63. The lowest BCUT2D eigenvalue weighted by Crippen LogP contribution is -2.07. The molecule has 0 saturated carbocycles. The Hall–Kier alpha value is -2.10. The summed E-state index contributed by atoms with van der Waals surface area (Å²) >= 11 is 0. The van der Waals surface area contributed by atoms with E-state index in [0.717, 1.165) is 12.1 Å². The van der Waals surface area contributed by atoms with Crippen LogP contribution in [0.15, 0.2) is 36.7 Å². The van der Waals surface area contributed by atoms with E-state index in [4.69, 9.17) is 0 Å². The molecular weight excluding hydrogens is 224 g/mol. The summed E-state index contributed by atoms with van der Waals surface area (Å²) < 4.78 is 4.06. The molecule has 3 aromatic rings. The van der Waals surface area contributed by atoms with Crippen LogP contribution in [0.25, 0.3) is 10.9 Å². The average molecular weight is 240 g/mol. The third kappa shape index (κ3) is 1.90. The number of rotatable bonds is 3. The second-order valence-electron chi connectivity index (χ2n) is 4.59. The van der Waals surface area contributed by atoms with Crippen LogP contribution >= 0.6 is 0 Å². The number of hydrogen-bond donors (Lipinski definition) is 0.